The van der Waals surface area contributed by atoms with Crippen LogP contribution in [0, 0.1) is 5.92 Å². The first-order valence-corrected chi connectivity index (χ1v) is 9.02. The van der Waals surface area contributed by atoms with Crippen LogP contribution in [0.15, 0.2) is 29.3 Å². The summed E-state index contributed by atoms with van der Waals surface area (Å²) in [5, 5.41) is 2.93. The quantitative estimate of drug-likeness (QED) is 0.606. The number of amides is 1. The van der Waals surface area contributed by atoms with Crippen molar-refractivity contribution >= 4 is 11.9 Å². The van der Waals surface area contributed by atoms with Crippen molar-refractivity contribution in [3.63, 3.8) is 0 Å². The Labute approximate surface area is 151 Å². The molecular formula is C19H31N5O. The maximum atomic E-state index is 12.2. The summed E-state index contributed by atoms with van der Waals surface area (Å²) in [5.41, 5.74) is 7.78. The van der Waals surface area contributed by atoms with E-state index in [0.717, 1.165) is 31.1 Å². The summed E-state index contributed by atoms with van der Waals surface area (Å²) >= 11 is 0. The highest BCUT2D eigenvalue weighted by Gasteiger charge is 2.16. The van der Waals surface area contributed by atoms with Gasteiger partial charge in [0.15, 0.2) is 5.96 Å². The van der Waals surface area contributed by atoms with Crippen molar-refractivity contribution in [2.24, 2.45) is 16.6 Å². The molecule has 2 rings (SSSR count). The number of rotatable bonds is 6. The lowest BCUT2D eigenvalue weighted by Gasteiger charge is -2.31. The van der Waals surface area contributed by atoms with Crippen LogP contribution in [-0.2, 0) is 6.54 Å². The lowest BCUT2D eigenvalue weighted by molar-refractivity contribution is 0.0951. The number of carbonyl (C=O) groups excluding carboxylic acids is 1. The SMILES string of the molecule is CC1CCN(C(N)=NCc2cccc(C(=O)NCCN(C)C)c2)CC1. The molecule has 0 aromatic heterocycles. The third-order valence-electron chi connectivity index (χ3n) is 4.57. The summed E-state index contributed by atoms with van der Waals surface area (Å²) < 4.78 is 0. The van der Waals surface area contributed by atoms with Crippen LogP contribution in [0.25, 0.3) is 0 Å². The fourth-order valence-electron chi connectivity index (χ4n) is 2.82. The molecule has 0 atom stereocenters. The van der Waals surface area contributed by atoms with Gasteiger partial charge in [-0.3, -0.25) is 4.79 Å². The van der Waals surface area contributed by atoms with Crippen LogP contribution in [0.2, 0.25) is 0 Å². The Balaban J connectivity index is 1.90. The van der Waals surface area contributed by atoms with Gasteiger partial charge in [-0.25, -0.2) is 4.99 Å². The zero-order valence-corrected chi connectivity index (χ0v) is 15.7. The Morgan fingerprint density at radius 3 is 2.76 bits per heavy atom. The standard InChI is InChI=1S/C19H31N5O/c1-15-7-10-24(11-8-15)19(20)22-14-16-5-4-6-17(13-16)18(25)21-9-12-23(2)3/h4-6,13,15H,7-12,14H2,1-3H3,(H2,20,22)(H,21,25). The summed E-state index contributed by atoms with van der Waals surface area (Å²) in [4.78, 5) is 20.9. The molecule has 0 aliphatic carbocycles. The highest BCUT2D eigenvalue weighted by Crippen LogP contribution is 2.15. The maximum Gasteiger partial charge on any atom is 0.251 e. The van der Waals surface area contributed by atoms with Gasteiger partial charge in [-0.2, -0.15) is 0 Å². The number of nitrogens with zero attached hydrogens (tertiary/aromatic N) is 3. The van der Waals surface area contributed by atoms with Gasteiger partial charge in [0.25, 0.3) is 5.91 Å². The van der Waals surface area contributed by atoms with Crippen molar-refractivity contribution in [1.29, 1.82) is 0 Å². The molecule has 0 unspecified atom stereocenters. The van der Waals surface area contributed by atoms with Crippen LogP contribution in [0.3, 0.4) is 0 Å². The molecule has 0 saturated carbocycles. The summed E-state index contributed by atoms with van der Waals surface area (Å²) in [5.74, 6) is 1.32. The van der Waals surface area contributed by atoms with E-state index in [0.29, 0.717) is 24.6 Å². The van der Waals surface area contributed by atoms with Gasteiger partial charge < -0.3 is 20.9 Å². The lowest BCUT2D eigenvalue weighted by Crippen LogP contribution is -2.42. The van der Waals surface area contributed by atoms with Crippen molar-refractivity contribution in [2.75, 3.05) is 40.3 Å². The fraction of sp³-hybridized carbons (Fsp3) is 0.579. The summed E-state index contributed by atoms with van der Waals surface area (Å²) in [6.07, 6.45) is 2.33. The molecule has 1 saturated heterocycles. The van der Waals surface area contributed by atoms with Gasteiger partial charge in [-0.15, -0.1) is 0 Å². The second-order valence-corrected chi connectivity index (χ2v) is 7.10. The average molecular weight is 345 g/mol. The molecule has 3 N–H and O–H groups in total. The number of benzene rings is 1. The molecule has 138 valence electrons. The fourth-order valence-corrected chi connectivity index (χ4v) is 2.82. The predicted molar refractivity (Wildman–Crippen MR) is 103 cm³/mol. The molecule has 1 fully saturated rings. The second kappa shape index (κ2) is 9.42. The zero-order valence-electron chi connectivity index (χ0n) is 15.7. The first-order chi connectivity index (χ1) is 12.0. The van der Waals surface area contributed by atoms with E-state index in [1.807, 2.05) is 43.3 Å². The molecule has 1 aliphatic rings. The number of nitrogens with two attached hydrogens (primary N) is 1. The van der Waals surface area contributed by atoms with Crippen LogP contribution < -0.4 is 11.1 Å². The van der Waals surface area contributed by atoms with Gasteiger partial charge in [0, 0.05) is 31.7 Å². The molecule has 0 bridgehead atoms. The average Bonchev–Trinajstić information content (AvgIpc) is 2.60. The Morgan fingerprint density at radius 2 is 2.08 bits per heavy atom. The number of guanidine groups is 1. The van der Waals surface area contributed by atoms with Crippen molar-refractivity contribution in [2.45, 2.75) is 26.3 Å². The van der Waals surface area contributed by atoms with E-state index in [2.05, 4.69) is 22.1 Å². The van der Waals surface area contributed by atoms with Gasteiger partial charge in [-0.05, 0) is 50.6 Å². The molecule has 1 aliphatic heterocycles. The molecule has 25 heavy (non-hydrogen) atoms. The number of nitrogens with one attached hydrogen (secondary N) is 1. The maximum absolute atomic E-state index is 12.2. The van der Waals surface area contributed by atoms with E-state index in [1.54, 1.807) is 0 Å². The normalized spacial score (nSPS) is 16.3. The van der Waals surface area contributed by atoms with Gasteiger partial charge in [0.1, 0.15) is 0 Å². The number of likely N-dealkylation sites (N-methyl/N-ethyl adjacent to an activating group) is 1. The lowest BCUT2D eigenvalue weighted by atomic mass is 10.00. The monoisotopic (exact) mass is 345 g/mol. The van der Waals surface area contributed by atoms with Crippen LogP contribution in [-0.4, -0.2) is 61.9 Å². The molecular weight excluding hydrogens is 314 g/mol. The smallest absolute Gasteiger partial charge is 0.251 e. The Bertz CT molecular complexity index is 591. The minimum atomic E-state index is -0.0503. The molecule has 0 spiro atoms. The number of likely N-dealkylation sites (tertiary alicyclic amines) is 1. The van der Waals surface area contributed by atoms with Crippen molar-refractivity contribution in [1.82, 2.24) is 15.1 Å². The van der Waals surface area contributed by atoms with Crippen LogP contribution in [0.1, 0.15) is 35.7 Å². The van der Waals surface area contributed by atoms with Crippen molar-refractivity contribution < 1.29 is 4.79 Å². The molecule has 0 radical (unpaired) electrons. The van der Waals surface area contributed by atoms with E-state index in [9.17, 15) is 4.79 Å². The van der Waals surface area contributed by atoms with E-state index in [4.69, 9.17) is 5.73 Å². The van der Waals surface area contributed by atoms with Crippen molar-refractivity contribution in [3.8, 4) is 0 Å². The molecule has 1 aromatic carbocycles. The molecule has 6 heteroatoms. The number of piperidine rings is 1. The molecule has 6 nitrogen and oxygen atoms in total. The van der Waals surface area contributed by atoms with Gasteiger partial charge in [0.05, 0.1) is 6.54 Å². The van der Waals surface area contributed by atoms with Gasteiger partial charge >= 0.3 is 0 Å². The van der Waals surface area contributed by atoms with E-state index >= 15 is 0 Å². The minimum Gasteiger partial charge on any atom is -0.370 e. The number of carbonyl (C=O) groups is 1. The largest absolute Gasteiger partial charge is 0.370 e. The van der Waals surface area contributed by atoms with Crippen LogP contribution in [0.4, 0.5) is 0 Å². The molecule has 1 heterocycles. The van der Waals surface area contributed by atoms with Crippen molar-refractivity contribution in [3.05, 3.63) is 35.4 Å². The minimum absolute atomic E-state index is 0.0503. The molecule has 1 amide bonds. The summed E-state index contributed by atoms with van der Waals surface area (Å²) in [6, 6.07) is 7.59. The molecule has 1 aromatic rings. The first-order valence-electron chi connectivity index (χ1n) is 9.02. The number of hydrogen-bond donors (Lipinski definition) is 2. The highest BCUT2D eigenvalue weighted by molar-refractivity contribution is 5.94. The Hall–Kier alpha value is -2.08. The van der Waals surface area contributed by atoms with Gasteiger partial charge in [0.2, 0.25) is 0 Å². The zero-order chi connectivity index (χ0) is 18.2. The van der Waals surface area contributed by atoms with Gasteiger partial charge in [-0.1, -0.05) is 19.1 Å². The highest BCUT2D eigenvalue weighted by atomic mass is 16.1. The van der Waals surface area contributed by atoms with Crippen LogP contribution in [0.5, 0.6) is 0 Å². The van der Waals surface area contributed by atoms with E-state index in [-0.39, 0.29) is 5.91 Å². The van der Waals surface area contributed by atoms with Crippen LogP contribution >= 0.6 is 0 Å². The number of hydrogen-bond acceptors (Lipinski definition) is 3. The van der Waals surface area contributed by atoms with E-state index < -0.39 is 0 Å². The third-order valence-corrected chi connectivity index (χ3v) is 4.57. The number of aliphatic imine (C=N–C) groups is 1. The topological polar surface area (TPSA) is 74.0 Å². The summed E-state index contributed by atoms with van der Waals surface area (Å²) in [6.45, 7) is 6.18. The second-order valence-electron chi connectivity index (χ2n) is 7.10. The first kappa shape index (κ1) is 19.2. The Morgan fingerprint density at radius 1 is 1.36 bits per heavy atom. The third kappa shape index (κ3) is 6.38. The summed E-state index contributed by atoms with van der Waals surface area (Å²) in [7, 11) is 3.97. The predicted octanol–water partition coefficient (Wildman–Crippen LogP) is 1.52. The Kier molecular flexibility index (Phi) is 7.25. The van der Waals surface area contributed by atoms with E-state index in [1.165, 1.54) is 12.8 Å².